The lowest BCUT2D eigenvalue weighted by Crippen LogP contribution is -2.20. The summed E-state index contributed by atoms with van der Waals surface area (Å²) in [5.41, 5.74) is 4.95. The van der Waals surface area contributed by atoms with Gasteiger partial charge in [-0.3, -0.25) is 0 Å². The first-order valence-corrected chi connectivity index (χ1v) is 3.03. The second-order valence-corrected chi connectivity index (χ2v) is 1.78. The predicted molar refractivity (Wildman–Crippen MR) is 27.4 cm³/mol. The lowest BCUT2D eigenvalue weighted by atomic mass is 10.7. The van der Waals surface area contributed by atoms with Crippen molar-refractivity contribution < 1.29 is 8.42 Å². The summed E-state index contributed by atoms with van der Waals surface area (Å²) in [6.07, 6.45) is 0. The zero-order chi connectivity index (χ0) is 5.70. The van der Waals surface area contributed by atoms with Crippen LogP contribution in [0.3, 0.4) is 0 Å². The van der Waals surface area contributed by atoms with Gasteiger partial charge >= 0.3 is 0 Å². The minimum absolute atomic E-state index is 0.332. The van der Waals surface area contributed by atoms with Crippen molar-refractivity contribution in [3.05, 3.63) is 0 Å². The Hall–Kier alpha value is -0.130. The van der Waals surface area contributed by atoms with Gasteiger partial charge in [0, 0.05) is 13.1 Å². The van der Waals surface area contributed by atoms with E-state index in [0.29, 0.717) is 13.1 Å². The van der Waals surface area contributed by atoms with Crippen LogP contribution in [0.5, 0.6) is 0 Å². The molecule has 0 spiro atoms. The number of nitrogens with one attached hydrogen (secondary N) is 1. The molecule has 0 amide bonds. The van der Waals surface area contributed by atoms with Crippen LogP contribution in [-0.2, 0) is 10.9 Å². The largest absolute Gasteiger partial charge is 0.329 e. The maximum absolute atomic E-state index is 9.63. The molecule has 44 valence electrons. The molecular formula is C2H8N2O2S. The first-order valence-electron chi connectivity index (χ1n) is 1.85. The number of nitrogens with two attached hydrogens (primary N) is 1. The predicted octanol–water partition coefficient (Wildman–Crippen LogP) is -1.94. The van der Waals surface area contributed by atoms with Crippen LogP contribution in [0.15, 0.2) is 0 Å². The zero-order valence-electron chi connectivity index (χ0n) is 3.76. The molecule has 0 fully saturated rings. The summed E-state index contributed by atoms with van der Waals surface area (Å²) in [5.74, 6) is 0. The number of hydrogen-bond donors (Lipinski definition) is 3. The molecule has 5 heteroatoms. The minimum atomic E-state index is -2.44. The Balaban J connectivity index is 2.98. The van der Waals surface area contributed by atoms with Crippen LogP contribution in [0.1, 0.15) is 0 Å². The van der Waals surface area contributed by atoms with E-state index >= 15 is 0 Å². The highest BCUT2D eigenvalue weighted by molar-refractivity contribution is 7.70. The van der Waals surface area contributed by atoms with Crippen molar-refractivity contribution in [2.24, 2.45) is 5.73 Å². The topological polar surface area (TPSA) is 72.2 Å². The van der Waals surface area contributed by atoms with Crippen LogP contribution >= 0.6 is 0 Å². The molecule has 0 aliphatic rings. The van der Waals surface area contributed by atoms with Gasteiger partial charge in [0.1, 0.15) is 0 Å². The van der Waals surface area contributed by atoms with E-state index in [2.05, 4.69) is 4.72 Å². The Morgan fingerprint density at radius 1 is 1.57 bits per heavy atom. The van der Waals surface area contributed by atoms with Crippen LogP contribution in [0.2, 0.25) is 0 Å². The summed E-state index contributed by atoms with van der Waals surface area (Å²) >= 11 is 0. The summed E-state index contributed by atoms with van der Waals surface area (Å²) in [6, 6.07) is 0. The Kier molecular flexibility index (Phi) is 3.97. The summed E-state index contributed by atoms with van der Waals surface area (Å²) in [6.45, 7) is 0.683. The maximum Gasteiger partial charge on any atom is 0.201 e. The molecule has 0 aliphatic heterocycles. The third-order valence-electron chi connectivity index (χ3n) is 0.385. The first kappa shape index (κ1) is 6.87. The summed E-state index contributed by atoms with van der Waals surface area (Å²) in [5, 5.41) is 0. The standard InChI is InChI=1S/C2H8N2O2S/c3-1-2-4-7(5)6/h7H,1-3H2,(H,4,5,6). The zero-order valence-corrected chi connectivity index (χ0v) is 4.65. The molecule has 0 aromatic carbocycles. The lowest BCUT2D eigenvalue weighted by molar-refractivity contribution is 0.602. The number of hydrogen-bond acceptors (Lipinski definition) is 3. The summed E-state index contributed by atoms with van der Waals surface area (Å²) < 4.78 is 21.4. The molecular weight excluding hydrogens is 116 g/mol. The monoisotopic (exact) mass is 124 g/mol. The fraction of sp³-hybridized carbons (Fsp3) is 1.00. The molecule has 0 saturated heterocycles. The Bertz CT molecular complexity index is 91.9. The van der Waals surface area contributed by atoms with E-state index in [1.165, 1.54) is 0 Å². The van der Waals surface area contributed by atoms with Gasteiger partial charge in [-0.25, -0.2) is 13.1 Å². The van der Waals surface area contributed by atoms with Gasteiger partial charge in [0.25, 0.3) is 0 Å². The molecule has 0 heterocycles. The van der Waals surface area contributed by atoms with Gasteiger partial charge in [-0.1, -0.05) is 0 Å². The molecule has 4 nitrogen and oxygen atoms in total. The van der Waals surface area contributed by atoms with Crippen molar-refractivity contribution in [3.63, 3.8) is 0 Å². The lowest BCUT2D eigenvalue weighted by Gasteiger charge is -1.86. The number of rotatable bonds is 3. The van der Waals surface area contributed by atoms with Crippen LogP contribution in [0.25, 0.3) is 0 Å². The fourth-order valence-electron chi connectivity index (χ4n) is 0.156. The molecule has 0 aromatic rings. The van der Waals surface area contributed by atoms with Gasteiger partial charge in [0.15, 0.2) is 0 Å². The van der Waals surface area contributed by atoms with Gasteiger partial charge in [0.2, 0.25) is 10.9 Å². The van der Waals surface area contributed by atoms with E-state index in [-0.39, 0.29) is 0 Å². The van der Waals surface area contributed by atoms with Crippen molar-refractivity contribution in [1.29, 1.82) is 0 Å². The van der Waals surface area contributed by atoms with Crippen LogP contribution in [-0.4, -0.2) is 21.5 Å². The van der Waals surface area contributed by atoms with E-state index in [0.717, 1.165) is 0 Å². The van der Waals surface area contributed by atoms with Crippen LogP contribution in [0.4, 0.5) is 0 Å². The normalized spacial score (nSPS) is 10.0. The second kappa shape index (κ2) is 4.04. The Morgan fingerprint density at radius 3 is 2.29 bits per heavy atom. The van der Waals surface area contributed by atoms with Crippen LogP contribution < -0.4 is 10.5 Å². The maximum atomic E-state index is 9.63. The first-order chi connectivity index (χ1) is 3.27. The molecule has 0 rings (SSSR count). The molecule has 0 aromatic heterocycles. The van der Waals surface area contributed by atoms with E-state index in [4.69, 9.17) is 5.73 Å². The Morgan fingerprint density at radius 2 is 2.14 bits per heavy atom. The number of thiol groups is 1. The van der Waals surface area contributed by atoms with Crippen LogP contribution in [0, 0.1) is 0 Å². The van der Waals surface area contributed by atoms with Crippen molar-refractivity contribution in [1.82, 2.24) is 4.72 Å². The summed E-state index contributed by atoms with van der Waals surface area (Å²) in [7, 11) is -2.44. The molecule has 7 heavy (non-hydrogen) atoms. The minimum Gasteiger partial charge on any atom is -0.329 e. The van der Waals surface area contributed by atoms with Gasteiger partial charge in [-0.2, -0.15) is 0 Å². The quantitative estimate of drug-likeness (QED) is 0.383. The van der Waals surface area contributed by atoms with E-state index < -0.39 is 10.9 Å². The molecule has 0 radical (unpaired) electrons. The van der Waals surface area contributed by atoms with Gasteiger partial charge in [-0.05, 0) is 0 Å². The van der Waals surface area contributed by atoms with Crippen molar-refractivity contribution in [2.75, 3.05) is 13.1 Å². The second-order valence-electron chi connectivity index (χ2n) is 0.954. The van der Waals surface area contributed by atoms with E-state index in [1.807, 2.05) is 0 Å². The molecule has 0 atom stereocenters. The van der Waals surface area contributed by atoms with Crippen molar-refractivity contribution in [2.45, 2.75) is 0 Å². The molecule has 3 N–H and O–H groups in total. The average molecular weight is 124 g/mol. The Labute approximate surface area is 43.8 Å². The molecule has 0 unspecified atom stereocenters. The van der Waals surface area contributed by atoms with Crippen molar-refractivity contribution in [3.8, 4) is 0 Å². The van der Waals surface area contributed by atoms with Gasteiger partial charge < -0.3 is 5.73 Å². The van der Waals surface area contributed by atoms with Gasteiger partial charge in [0.05, 0.1) is 0 Å². The van der Waals surface area contributed by atoms with E-state index in [9.17, 15) is 8.42 Å². The molecule has 0 bridgehead atoms. The smallest absolute Gasteiger partial charge is 0.201 e. The third-order valence-corrected chi connectivity index (χ3v) is 0.867. The average Bonchev–Trinajstić information content (AvgIpc) is 1.61. The summed E-state index contributed by atoms with van der Waals surface area (Å²) in [4.78, 5) is 0. The fourth-order valence-corrected chi connectivity index (χ4v) is 0.468. The molecule has 0 aliphatic carbocycles. The highest BCUT2D eigenvalue weighted by atomic mass is 32.2. The van der Waals surface area contributed by atoms with Crippen molar-refractivity contribution >= 4 is 10.9 Å². The van der Waals surface area contributed by atoms with Gasteiger partial charge in [-0.15, -0.1) is 0 Å². The highest BCUT2D eigenvalue weighted by Crippen LogP contribution is 1.48. The SMILES string of the molecule is NCCN[SH](=O)=O. The third kappa shape index (κ3) is 5.87. The molecule has 0 saturated carbocycles. The highest BCUT2D eigenvalue weighted by Gasteiger charge is 1.77. The van der Waals surface area contributed by atoms with E-state index in [1.54, 1.807) is 0 Å².